The van der Waals surface area contributed by atoms with Gasteiger partial charge in [0.2, 0.25) is 0 Å². The van der Waals surface area contributed by atoms with Crippen LogP contribution in [0.1, 0.15) is 24.4 Å². The lowest BCUT2D eigenvalue weighted by Crippen LogP contribution is -2.21. The molecule has 1 fully saturated rings. The highest BCUT2D eigenvalue weighted by Crippen LogP contribution is 2.25. The van der Waals surface area contributed by atoms with Crippen LogP contribution in [-0.4, -0.2) is 12.3 Å². The van der Waals surface area contributed by atoms with Crippen molar-refractivity contribution in [3.8, 4) is 6.07 Å². The van der Waals surface area contributed by atoms with E-state index in [-0.39, 0.29) is 6.04 Å². The summed E-state index contributed by atoms with van der Waals surface area (Å²) in [4.78, 5) is 1.24. The van der Waals surface area contributed by atoms with Crippen LogP contribution >= 0.6 is 11.8 Å². The van der Waals surface area contributed by atoms with Gasteiger partial charge in [-0.3, -0.25) is 5.32 Å². The summed E-state index contributed by atoms with van der Waals surface area (Å²) < 4.78 is 0. The zero-order valence-corrected chi connectivity index (χ0v) is 9.55. The van der Waals surface area contributed by atoms with Crippen molar-refractivity contribution in [2.45, 2.75) is 29.8 Å². The van der Waals surface area contributed by atoms with Crippen LogP contribution in [0.4, 0.5) is 0 Å². The number of hydrogen-bond acceptors (Lipinski definition) is 3. The molecule has 1 N–H and O–H groups in total. The second-order valence-corrected chi connectivity index (χ2v) is 4.66. The smallest absolute Gasteiger partial charge is 0.121 e. The summed E-state index contributed by atoms with van der Waals surface area (Å²) in [6.45, 7) is 0. The summed E-state index contributed by atoms with van der Waals surface area (Å²) in [5.41, 5.74) is 1.07. The number of nitrogens with zero attached hydrogens (tertiary/aromatic N) is 1. The van der Waals surface area contributed by atoms with Crippen molar-refractivity contribution in [2.24, 2.45) is 0 Å². The summed E-state index contributed by atoms with van der Waals surface area (Å²) in [6.07, 6.45) is 4.47. The lowest BCUT2D eigenvalue weighted by atomic mass is 10.1. The van der Waals surface area contributed by atoms with E-state index in [0.717, 1.165) is 5.56 Å². The van der Waals surface area contributed by atoms with Gasteiger partial charge in [-0.1, -0.05) is 12.1 Å². The average Bonchev–Trinajstić information content (AvgIpc) is 3.10. The Morgan fingerprint density at radius 2 is 2.07 bits per heavy atom. The molecule has 0 aliphatic heterocycles. The fourth-order valence-corrected chi connectivity index (χ4v) is 1.90. The maximum atomic E-state index is 9.06. The molecule has 1 aliphatic rings. The van der Waals surface area contributed by atoms with Gasteiger partial charge in [-0.15, -0.1) is 11.8 Å². The molecule has 1 aliphatic carbocycles. The molecule has 78 valence electrons. The van der Waals surface area contributed by atoms with Gasteiger partial charge >= 0.3 is 0 Å². The van der Waals surface area contributed by atoms with Gasteiger partial charge in [0.15, 0.2) is 0 Å². The lowest BCUT2D eigenvalue weighted by Gasteiger charge is -2.11. The Morgan fingerprint density at radius 1 is 1.40 bits per heavy atom. The van der Waals surface area contributed by atoms with Crippen molar-refractivity contribution in [2.75, 3.05) is 6.26 Å². The van der Waals surface area contributed by atoms with Crippen LogP contribution in [0.3, 0.4) is 0 Å². The van der Waals surface area contributed by atoms with E-state index in [2.05, 4.69) is 29.8 Å². The first-order valence-electron chi connectivity index (χ1n) is 5.13. The third kappa shape index (κ3) is 2.74. The van der Waals surface area contributed by atoms with Crippen LogP contribution < -0.4 is 5.32 Å². The summed E-state index contributed by atoms with van der Waals surface area (Å²) in [6, 6.07) is 10.9. The topological polar surface area (TPSA) is 35.8 Å². The molecule has 1 aromatic rings. The van der Waals surface area contributed by atoms with E-state index >= 15 is 0 Å². The van der Waals surface area contributed by atoms with E-state index in [9.17, 15) is 0 Å². The molecule has 0 heterocycles. The van der Waals surface area contributed by atoms with Crippen molar-refractivity contribution in [1.29, 1.82) is 5.26 Å². The summed E-state index contributed by atoms with van der Waals surface area (Å²) >= 11 is 1.72. The predicted molar refractivity (Wildman–Crippen MR) is 62.7 cm³/mol. The Labute approximate surface area is 94.7 Å². The van der Waals surface area contributed by atoms with Crippen molar-refractivity contribution in [1.82, 2.24) is 5.32 Å². The number of rotatable bonds is 4. The highest BCUT2D eigenvalue weighted by Gasteiger charge is 2.25. The Bertz CT molecular complexity index is 362. The molecule has 0 radical (unpaired) electrons. The Hall–Kier alpha value is -0.980. The summed E-state index contributed by atoms with van der Waals surface area (Å²) in [7, 11) is 0. The maximum absolute atomic E-state index is 9.06. The Morgan fingerprint density at radius 3 is 2.53 bits per heavy atom. The summed E-state index contributed by atoms with van der Waals surface area (Å²) in [5, 5.41) is 12.4. The first-order valence-corrected chi connectivity index (χ1v) is 6.35. The highest BCUT2D eigenvalue weighted by atomic mass is 32.2. The first-order chi connectivity index (χ1) is 7.33. The lowest BCUT2D eigenvalue weighted by molar-refractivity contribution is 0.625. The quantitative estimate of drug-likeness (QED) is 0.789. The largest absolute Gasteiger partial charge is 0.295 e. The second-order valence-electron chi connectivity index (χ2n) is 3.78. The molecule has 0 aromatic heterocycles. The minimum atomic E-state index is -0.145. The SMILES string of the molecule is CSc1ccc(C(C#N)NC2CC2)cc1. The average molecular weight is 218 g/mol. The van der Waals surface area contributed by atoms with Crippen molar-refractivity contribution in [3.63, 3.8) is 0 Å². The normalized spacial score (nSPS) is 17.1. The minimum Gasteiger partial charge on any atom is -0.295 e. The van der Waals surface area contributed by atoms with E-state index in [4.69, 9.17) is 5.26 Å². The van der Waals surface area contributed by atoms with E-state index in [1.807, 2.05) is 12.1 Å². The molecule has 1 atom stereocenters. The van der Waals surface area contributed by atoms with E-state index < -0.39 is 0 Å². The van der Waals surface area contributed by atoms with Crippen LogP contribution in [0.25, 0.3) is 0 Å². The third-order valence-electron chi connectivity index (χ3n) is 2.56. The van der Waals surface area contributed by atoms with Gasteiger partial charge in [-0.25, -0.2) is 0 Å². The molecule has 3 heteroatoms. The number of benzene rings is 1. The van der Waals surface area contributed by atoms with Gasteiger partial charge in [0.25, 0.3) is 0 Å². The second kappa shape index (κ2) is 4.69. The molecule has 1 unspecified atom stereocenters. The van der Waals surface area contributed by atoms with Crippen molar-refractivity contribution in [3.05, 3.63) is 29.8 Å². The van der Waals surface area contributed by atoms with E-state index in [1.54, 1.807) is 11.8 Å². The zero-order valence-electron chi connectivity index (χ0n) is 8.73. The third-order valence-corrected chi connectivity index (χ3v) is 3.30. The van der Waals surface area contributed by atoms with Crippen molar-refractivity contribution >= 4 is 11.8 Å². The van der Waals surface area contributed by atoms with Crippen LogP contribution in [-0.2, 0) is 0 Å². The first kappa shape index (κ1) is 10.5. The molecule has 0 amide bonds. The van der Waals surface area contributed by atoms with Gasteiger partial charge in [-0.2, -0.15) is 5.26 Å². The standard InChI is InChI=1S/C12H14N2S/c1-15-11-6-2-9(3-7-11)12(8-13)14-10-4-5-10/h2-3,6-7,10,12,14H,4-5H2,1H3. The summed E-state index contributed by atoms with van der Waals surface area (Å²) in [5.74, 6) is 0. The molecule has 0 bridgehead atoms. The molecule has 1 saturated carbocycles. The van der Waals surface area contributed by atoms with Crippen LogP contribution in [0.2, 0.25) is 0 Å². The number of thioether (sulfide) groups is 1. The molecule has 0 saturated heterocycles. The molecule has 15 heavy (non-hydrogen) atoms. The molecule has 2 nitrogen and oxygen atoms in total. The van der Waals surface area contributed by atoms with Crippen LogP contribution in [0, 0.1) is 11.3 Å². The number of nitrogens with one attached hydrogen (secondary N) is 1. The Kier molecular flexibility index (Phi) is 3.30. The van der Waals surface area contributed by atoms with Gasteiger partial charge in [0.05, 0.1) is 6.07 Å². The molecule has 1 aromatic carbocycles. The monoisotopic (exact) mass is 218 g/mol. The predicted octanol–water partition coefficient (Wildman–Crippen LogP) is 2.73. The van der Waals surface area contributed by atoms with E-state index in [1.165, 1.54) is 17.7 Å². The number of hydrogen-bond donors (Lipinski definition) is 1. The van der Waals surface area contributed by atoms with Crippen LogP contribution in [0.15, 0.2) is 29.2 Å². The van der Waals surface area contributed by atoms with Crippen LogP contribution in [0.5, 0.6) is 0 Å². The van der Waals surface area contributed by atoms with E-state index in [0.29, 0.717) is 6.04 Å². The Balaban J connectivity index is 2.08. The van der Waals surface area contributed by atoms with Gasteiger partial charge in [0.1, 0.15) is 6.04 Å². The highest BCUT2D eigenvalue weighted by molar-refractivity contribution is 7.98. The zero-order chi connectivity index (χ0) is 10.7. The van der Waals surface area contributed by atoms with Gasteiger partial charge < -0.3 is 0 Å². The molecular weight excluding hydrogens is 204 g/mol. The fraction of sp³-hybridized carbons (Fsp3) is 0.417. The minimum absolute atomic E-state index is 0.145. The molecule has 2 rings (SSSR count). The van der Waals surface area contributed by atoms with Gasteiger partial charge in [-0.05, 0) is 36.8 Å². The fourth-order valence-electron chi connectivity index (χ4n) is 1.49. The van der Waals surface area contributed by atoms with Crippen molar-refractivity contribution < 1.29 is 0 Å². The molecule has 0 spiro atoms. The van der Waals surface area contributed by atoms with Gasteiger partial charge in [0, 0.05) is 10.9 Å². The maximum Gasteiger partial charge on any atom is 0.121 e. The number of nitriles is 1. The molecular formula is C12H14N2S.